The summed E-state index contributed by atoms with van der Waals surface area (Å²) < 4.78 is 11.0. The molecule has 2 aliphatic rings. The largest absolute Gasteiger partial charge is 0.381 e. The molecule has 2 N–H and O–H groups in total. The van der Waals surface area contributed by atoms with E-state index in [2.05, 4.69) is 6.92 Å². The van der Waals surface area contributed by atoms with Gasteiger partial charge in [0.15, 0.2) is 0 Å². The Morgan fingerprint density at radius 2 is 2.11 bits per heavy atom. The molecular formula is C13H24N2O3. The summed E-state index contributed by atoms with van der Waals surface area (Å²) >= 11 is 0. The molecule has 104 valence electrons. The average molecular weight is 256 g/mol. The van der Waals surface area contributed by atoms with Gasteiger partial charge in [-0.3, -0.25) is 4.79 Å². The van der Waals surface area contributed by atoms with Crippen molar-refractivity contribution >= 4 is 5.91 Å². The lowest BCUT2D eigenvalue weighted by Crippen LogP contribution is -2.55. The molecule has 5 nitrogen and oxygen atoms in total. The molecule has 0 aromatic carbocycles. The highest BCUT2D eigenvalue weighted by Crippen LogP contribution is 2.32. The van der Waals surface area contributed by atoms with Gasteiger partial charge in [0.2, 0.25) is 5.91 Å². The van der Waals surface area contributed by atoms with E-state index in [1.165, 1.54) is 0 Å². The maximum absolute atomic E-state index is 12.7. The molecule has 0 bridgehead atoms. The summed E-state index contributed by atoms with van der Waals surface area (Å²) in [5.41, 5.74) is 5.48. The Hall–Kier alpha value is -0.650. The first-order valence-electron chi connectivity index (χ1n) is 6.90. The highest BCUT2D eigenvalue weighted by molar-refractivity contribution is 5.83. The maximum Gasteiger partial charge on any atom is 0.230 e. The van der Waals surface area contributed by atoms with Crippen LogP contribution in [0.25, 0.3) is 0 Å². The Morgan fingerprint density at radius 3 is 2.72 bits per heavy atom. The first-order chi connectivity index (χ1) is 8.72. The molecule has 0 aromatic heterocycles. The van der Waals surface area contributed by atoms with Crippen LogP contribution >= 0.6 is 0 Å². The standard InChI is InChI=1S/C13H24N2O3/c1-2-11-9-15(5-8-18-11)12(16)13(10-14)3-6-17-7-4-13/h11H,2-10,14H2,1H3/t11-/m1/s1. The number of carbonyl (C=O) groups is 1. The number of hydrogen-bond acceptors (Lipinski definition) is 4. The van der Waals surface area contributed by atoms with Crippen LogP contribution in [0.4, 0.5) is 0 Å². The predicted molar refractivity (Wildman–Crippen MR) is 68.2 cm³/mol. The fraction of sp³-hybridized carbons (Fsp3) is 0.923. The van der Waals surface area contributed by atoms with Crippen molar-refractivity contribution in [3.05, 3.63) is 0 Å². The lowest BCUT2D eigenvalue weighted by molar-refractivity contribution is -0.154. The van der Waals surface area contributed by atoms with Crippen LogP contribution in [0.2, 0.25) is 0 Å². The molecule has 2 heterocycles. The molecule has 0 aromatic rings. The fourth-order valence-electron chi connectivity index (χ4n) is 2.75. The Labute approximate surface area is 109 Å². The number of morpholine rings is 1. The molecule has 1 amide bonds. The van der Waals surface area contributed by atoms with E-state index >= 15 is 0 Å². The number of amides is 1. The molecule has 2 rings (SSSR count). The second kappa shape index (κ2) is 5.99. The van der Waals surface area contributed by atoms with E-state index in [0.717, 1.165) is 19.3 Å². The zero-order chi connectivity index (χ0) is 13.0. The molecule has 0 aliphatic carbocycles. The fourth-order valence-corrected chi connectivity index (χ4v) is 2.75. The summed E-state index contributed by atoms with van der Waals surface area (Å²) in [6, 6.07) is 0. The van der Waals surface area contributed by atoms with Gasteiger partial charge in [-0.1, -0.05) is 6.92 Å². The molecular weight excluding hydrogens is 232 g/mol. The van der Waals surface area contributed by atoms with Crippen molar-refractivity contribution in [2.24, 2.45) is 11.1 Å². The van der Waals surface area contributed by atoms with Crippen molar-refractivity contribution in [2.75, 3.05) is 39.5 Å². The van der Waals surface area contributed by atoms with Crippen molar-refractivity contribution in [1.29, 1.82) is 0 Å². The Bertz CT molecular complexity index is 290. The van der Waals surface area contributed by atoms with Gasteiger partial charge >= 0.3 is 0 Å². The number of nitrogens with zero attached hydrogens (tertiary/aromatic N) is 1. The second-order valence-corrected chi connectivity index (χ2v) is 5.25. The highest BCUT2D eigenvalue weighted by atomic mass is 16.5. The van der Waals surface area contributed by atoms with Crippen LogP contribution in [0.15, 0.2) is 0 Å². The monoisotopic (exact) mass is 256 g/mol. The molecule has 2 fully saturated rings. The summed E-state index contributed by atoms with van der Waals surface area (Å²) in [7, 11) is 0. The van der Waals surface area contributed by atoms with Crippen LogP contribution in [-0.2, 0) is 14.3 Å². The van der Waals surface area contributed by atoms with Gasteiger partial charge in [0.1, 0.15) is 0 Å². The minimum absolute atomic E-state index is 0.178. The Morgan fingerprint density at radius 1 is 1.39 bits per heavy atom. The van der Waals surface area contributed by atoms with Crippen LogP contribution in [0.1, 0.15) is 26.2 Å². The Kier molecular flexibility index (Phi) is 4.59. The molecule has 0 unspecified atom stereocenters. The van der Waals surface area contributed by atoms with Crippen molar-refractivity contribution in [3.8, 4) is 0 Å². The van der Waals surface area contributed by atoms with Gasteiger partial charge in [-0.15, -0.1) is 0 Å². The number of nitrogens with two attached hydrogens (primary N) is 1. The van der Waals surface area contributed by atoms with Gasteiger partial charge in [-0.05, 0) is 19.3 Å². The minimum Gasteiger partial charge on any atom is -0.381 e. The van der Waals surface area contributed by atoms with E-state index in [-0.39, 0.29) is 12.0 Å². The van der Waals surface area contributed by atoms with Gasteiger partial charge in [-0.25, -0.2) is 0 Å². The van der Waals surface area contributed by atoms with Crippen molar-refractivity contribution in [2.45, 2.75) is 32.3 Å². The third-order valence-electron chi connectivity index (χ3n) is 4.18. The van der Waals surface area contributed by atoms with E-state index in [4.69, 9.17) is 15.2 Å². The Balaban J connectivity index is 2.04. The summed E-state index contributed by atoms with van der Waals surface area (Å²) in [5.74, 6) is 0.204. The average Bonchev–Trinajstić information content (AvgIpc) is 2.47. The van der Waals surface area contributed by atoms with Crippen molar-refractivity contribution in [3.63, 3.8) is 0 Å². The quantitative estimate of drug-likeness (QED) is 0.793. The van der Waals surface area contributed by atoms with Crippen LogP contribution in [0.5, 0.6) is 0 Å². The third kappa shape index (κ3) is 2.68. The van der Waals surface area contributed by atoms with E-state index in [1.807, 2.05) is 4.90 Å². The van der Waals surface area contributed by atoms with Crippen LogP contribution in [0.3, 0.4) is 0 Å². The van der Waals surface area contributed by atoms with Gasteiger partial charge < -0.3 is 20.1 Å². The number of carbonyl (C=O) groups excluding carboxylic acids is 1. The highest BCUT2D eigenvalue weighted by Gasteiger charge is 2.42. The van der Waals surface area contributed by atoms with Crippen molar-refractivity contribution < 1.29 is 14.3 Å². The molecule has 2 saturated heterocycles. The molecule has 2 aliphatic heterocycles. The molecule has 18 heavy (non-hydrogen) atoms. The molecule has 0 spiro atoms. The second-order valence-electron chi connectivity index (χ2n) is 5.25. The number of ether oxygens (including phenoxy) is 2. The van der Waals surface area contributed by atoms with E-state index in [1.54, 1.807) is 0 Å². The lowest BCUT2D eigenvalue weighted by Gasteiger charge is -2.41. The molecule has 0 saturated carbocycles. The van der Waals surface area contributed by atoms with Crippen LogP contribution in [-0.4, -0.2) is 56.4 Å². The molecule has 1 atom stereocenters. The smallest absolute Gasteiger partial charge is 0.230 e. The predicted octanol–water partition coefficient (Wildman–Crippen LogP) is 0.379. The SMILES string of the molecule is CC[C@@H]1CN(C(=O)C2(CN)CCOCC2)CCO1. The summed E-state index contributed by atoms with van der Waals surface area (Å²) in [6.07, 6.45) is 2.62. The third-order valence-corrected chi connectivity index (χ3v) is 4.18. The van der Waals surface area contributed by atoms with Crippen LogP contribution < -0.4 is 5.73 Å². The maximum atomic E-state index is 12.7. The number of hydrogen-bond donors (Lipinski definition) is 1. The molecule has 0 radical (unpaired) electrons. The first-order valence-corrected chi connectivity index (χ1v) is 6.90. The zero-order valence-corrected chi connectivity index (χ0v) is 11.2. The van der Waals surface area contributed by atoms with Crippen molar-refractivity contribution in [1.82, 2.24) is 4.90 Å². The van der Waals surface area contributed by atoms with Gasteiger partial charge in [-0.2, -0.15) is 0 Å². The summed E-state index contributed by atoms with van der Waals surface area (Å²) in [4.78, 5) is 14.6. The van der Waals surface area contributed by atoms with Crippen LogP contribution in [0, 0.1) is 5.41 Å². The normalized spacial score (nSPS) is 28.1. The zero-order valence-electron chi connectivity index (χ0n) is 11.2. The first kappa shape index (κ1) is 13.8. The number of rotatable bonds is 3. The minimum atomic E-state index is -0.395. The van der Waals surface area contributed by atoms with Gasteiger partial charge in [0.25, 0.3) is 0 Å². The summed E-state index contributed by atoms with van der Waals surface area (Å²) in [5, 5.41) is 0. The van der Waals surface area contributed by atoms with Gasteiger partial charge in [0.05, 0.1) is 18.1 Å². The molecule has 5 heteroatoms. The van der Waals surface area contributed by atoms with Gasteiger partial charge in [0, 0.05) is 32.8 Å². The van der Waals surface area contributed by atoms with E-state index < -0.39 is 5.41 Å². The van der Waals surface area contributed by atoms with E-state index in [9.17, 15) is 4.79 Å². The topological polar surface area (TPSA) is 64.8 Å². The van der Waals surface area contributed by atoms with E-state index in [0.29, 0.717) is 39.5 Å². The lowest BCUT2D eigenvalue weighted by atomic mass is 9.78. The summed E-state index contributed by atoms with van der Waals surface area (Å²) in [6.45, 7) is 5.83.